The monoisotopic (exact) mass is 467 g/mol. The van der Waals surface area contributed by atoms with Crippen molar-refractivity contribution in [2.24, 2.45) is 5.41 Å². The number of aromatic nitrogens is 3. The Bertz CT molecular complexity index is 1160. The molecule has 3 heterocycles. The minimum atomic E-state index is -0.767. The SMILES string of the molecule is CC(C)(C)C(=O)n1nc(-c2cn(CC=O)c(=O)cc2F)cc1SCc1ccc(Cl)s1. The fraction of sp³-hybridized carbons (Fsp3) is 0.300. The molecule has 3 aromatic heterocycles. The van der Waals surface area contributed by atoms with E-state index in [0.717, 1.165) is 15.5 Å². The molecule has 0 bridgehead atoms. The Morgan fingerprint density at radius 3 is 2.67 bits per heavy atom. The van der Waals surface area contributed by atoms with E-state index >= 15 is 0 Å². The maximum atomic E-state index is 14.5. The van der Waals surface area contributed by atoms with Gasteiger partial charge in [-0.05, 0) is 18.2 Å². The van der Waals surface area contributed by atoms with Gasteiger partial charge in [0.05, 0.1) is 22.1 Å². The minimum absolute atomic E-state index is 0.0397. The Balaban J connectivity index is 2.05. The highest BCUT2D eigenvalue weighted by Crippen LogP contribution is 2.33. The predicted octanol–water partition coefficient (Wildman–Crippen LogP) is 4.74. The summed E-state index contributed by atoms with van der Waals surface area (Å²) in [5.41, 5.74) is -1.09. The predicted molar refractivity (Wildman–Crippen MR) is 117 cm³/mol. The lowest BCUT2D eigenvalue weighted by Crippen LogP contribution is -2.28. The molecule has 0 unspecified atom stereocenters. The van der Waals surface area contributed by atoms with Crippen LogP contribution in [0.15, 0.2) is 40.3 Å². The average molecular weight is 468 g/mol. The number of thioether (sulfide) groups is 1. The van der Waals surface area contributed by atoms with E-state index in [1.165, 1.54) is 34.0 Å². The maximum absolute atomic E-state index is 14.5. The number of carbonyl (C=O) groups excluding carboxylic acids is 2. The van der Waals surface area contributed by atoms with Gasteiger partial charge in [-0.1, -0.05) is 32.4 Å². The van der Waals surface area contributed by atoms with Crippen molar-refractivity contribution in [2.45, 2.75) is 38.1 Å². The first-order chi connectivity index (χ1) is 14.1. The van der Waals surface area contributed by atoms with Crippen molar-refractivity contribution in [1.29, 1.82) is 0 Å². The van der Waals surface area contributed by atoms with Crippen molar-refractivity contribution in [2.75, 3.05) is 0 Å². The second-order valence-electron chi connectivity index (χ2n) is 7.52. The summed E-state index contributed by atoms with van der Waals surface area (Å²) < 4.78 is 17.6. The molecular weight excluding hydrogens is 449 g/mol. The van der Waals surface area contributed by atoms with E-state index in [9.17, 15) is 18.8 Å². The summed E-state index contributed by atoms with van der Waals surface area (Å²) in [6, 6.07) is 6.13. The molecule has 158 valence electrons. The van der Waals surface area contributed by atoms with E-state index < -0.39 is 16.8 Å². The Hall–Kier alpha value is -2.23. The molecule has 10 heteroatoms. The highest BCUT2D eigenvalue weighted by molar-refractivity contribution is 7.98. The Morgan fingerprint density at radius 2 is 2.07 bits per heavy atom. The lowest BCUT2D eigenvalue weighted by Gasteiger charge is -2.17. The molecule has 0 aliphatic heterocycles. The molecule has 0 aromatic carbocycles. The summed E-state index contributed by atoms with van der Waals surface area (Å²) >= 11 is 8.80. The van der Waals surface area contributed by atoms with Crippen LogP contribution in [-0.4, -0.2) is 26.5 Å². The largest absolute Gasteiger partial charge is 0.308 e. The topological polar surface area (TPSA) is 74.0 Å². The van der Waals surface area contributed by atoms with Gasteiger partial charge >= 0.3 is 0 Å². The van der Waals surface area contributed by atoms with Crippen molar-refractivity contribution in [3.8, 4) is 11.3 Å². The third kappa shape index (κ3) is 4.91. The second-order valence-corrected chi connectivity index (χ2v) is 10.3. The number of aldehydes is 1. The van der Waals surface area contributed by atoms with Crippen molar-refractivity contribution in [3.63, 3.8) is 0 Å². The zero-order valence-electron chi connectivity index (χ0n) is 16.5. The van der Waals surface area contributed by atoms with Crippen molar-refractivity contribution >= 4 is 46.9 Å². The third-order valence-electron chi connectivity index (χ3n) is 4.12. The number of thiophene rings is 1. The molecule has 30 heavy (non-hydrogen) atoms. The van der Waals surface area contributed by atoms with Crippen molar-refractivity contribution in [1.82, 2.24) is 14.3 Å². The van der Waals surface area contributed by atoms with E-state index in [0.29, 0.717) is 21.4 Å². The van der Waals surface area contributed by atoms with E-state index in [1.807, 2.05) is 6.07 Å². The smallest absolute Gasteiger partial charge is 0.253 e. The summed E-state index contributed by atoms with van der Waals surface area (Å²) in [6.45, 7) is 5.12. The number of rotatable bonds is 6. The first-order valence-electron chi connectivity index (χ1n) is 8.96. The van der Waals surface area contributed by atoms with Gasteiger partial charge in [0.2, 0.25) is 0 Å². The van der Waals surface area contributed by atoms with Gasteiger partial charge in [0, 0.05) is 28.3 Å². The van der Waals surface area contributed by atoms with Gasteiger partial charge in [-0.25, -0.2) is 4.39 Å². The van der Waals surface area contributed by atoms with Gasteiger partial charge in [-0.2, -0.15) is 9.78 Å². The minimum Gasteiger partial charge on any atom is -0.308 e. The fourth-order valence-electron chi connectivity index (χ4n) is 2.60. The molecule has 0 radical (unpaired) electrons. The summed E-state index contributed by atoms with van der Waals surface area (Å²) in [6.07, 6.45) is 1.80. The fourth-order valence-corrected chi connectivity index (χ4v) is 4.72. The number of hydrogen-bond donors (Lipinski definition) is 0. The highest BCUT2D eigenvalue weighted by atomic mass is 35.5. The van der Waals surface area contributed by atoms with E-state index in [2.05, 4.69) is 5.10 Å². The molecule has 0 saturated carbocycles. The van der Waals surface area contributed by atoms with Gasteiger partial charge in [0.15, 0.2) is 0 Å². The van der Waals surface area contributed by atoms with E-state index in [-0.39, 0.29) is 23.7 Å². The van der Waals surface area contributed by atoms with E-state index in [1.54, 1.807) is 32.9 Å². The molecule has 0 aliphatic carbocycles. The number of halogens is 2. The summed E-state index contributed by atoms with van der Waals surface area (Å²) in [4.78, 5) is 36.6. The molecule has 0 spiro atoms. The van der Waals surface area contributed by atoms with Crippen LogP contribution in [0.25, 0.3) is 11.3 Å². The molecule has 3 aromatic rings. The molecule has 0 atom stereocenters. The molecule has 3 rings (SSSR count). The summed E-state index contributed by atoms with van der Waals surface area (Å²) in [7, 11) is 0. The normalized spacial score (nSPS) is 11.6. The molecule has 0 N–H and O–H groups in total. The summed E-state index contributed by atoms with van der Waals surface area (Å²) in [5.74, 6) is -0.453. The number of nitrogens with zero attached hydrogens (tertiary/aromatic N) is 3. The number of hydrogen-bond acceptors (Lipinski definition) is 6. The van der Waals surface area contributed by atoms with Crippen LogP contribution in [-0.2, 0) is 17.1 Å². The van der Waals surface area contributed by atoms with Crippen molar-refractivity contribution in [3.05, 3.63) is 55.8 Å². The quantitative estimate of drug-likeness (QED) is 0.386. The Labute approximate surface area is 185 Å². The van der Waals surface area contributed by atoms with Gasteiger partial charge in [-0.3, -0.25) is 9.59 Å². The van der Waals surface area contributed by atoms with Gasteiger partial charge in [-0.15, -0.1) is 23.1 Å². The molecule has 0 aliphatic rings. The first kappa shape index (κ1) is 22.5. The first-order valence-corrected chi connectivity index (χ1v) is 11.1. The molecule has 0 saturated heterocycles. The highest BCUT2D eigenvalue weighted by Gasteiger charge is 2.27. The van der Waals surface area contributed by atoms with Crippen LogP contribution >= 0.6 is 34.7 Å². The zero-order chi connectivity index (χ0) is 22.1. The molecule has 0 amide bonds. The van der Waals surface area contributed by atoms with Gasteiger partial charge in [0.25, 0.3) is 11.5 Å². The lowest BCUT2D eigenvalue weighted by molar-refractivity contribution is -0.108. The van der Waals surface area contributed by atoms with Crippen molar-refractivity contribution < 1.29 is 14.0 Å². The number of carbonyl (C=O) groups is 2. The van der Waals surface area contributed by atoms with Crippen LogP contribution in [0.4, 0.5) is 4.39 Å². The Kier molecular flexibility index (Phi) is 6.64. The lowest BCUT2D eigenvalue weighted by atomic mass is 9.96. The third-order valence-corrected chi connectivity index (χ3v) is 6.58. The maximum Gasteiger partial charge on any atom is 0.253 e. The molecular formula is C20H19ClFN3O3S2. The van der Waals surface area contributed by atoms with Crippen LogP contribution in [0.3, 0.4) is 0 Å². The number of pyridine rings is 1. The van der Waals surface area contributed by atoms with Crippen LogP contribution in [0, 0.1) is 11.2 Å². The molecule has 6 nitrogen and oxygen atoms in total. The summed E-state index contributed by atoms with van der Waals surface area (Å²) in [5, 5.41) is 4.88. The Morgan fingerprint density at radius 1 is 1.33 bits per heavy atom. The zero-order valence-corrected chi connectivity index (χ0v) is 18.9. The van der Waals surface area contributed by atoms with Gasteiger partial charge in [0.1, 0.15) is 17.1 Å². The van der Waals surface area contributed by atoms with Crippen LogP contribution in [0.2, 0.25) is 4.34 Å². The van der Waals surface area contributed by atoms with Gasteiger partial charge < -0.3 is 9.36 Å². The van der Waals surface area contributed by atoms with E-state index in [4.69, 9.17) is 11.6 Å². The van der Waals surface area contributed by atoms with Crippen LogP contribution < -0.4 is 5.56 Å². The average Bonchev–Trinajstić information content (AvgIpc) is 3.27. The van der Waals surface area contributed by atoms with Crippen LogP contribution in [0.1, 0.15) is 30.4 Å². The second kappa shape index (κ2) is 8.87. The molecule has 0 fully saturated rings. The standard InChI is InChI=1S/C20H19ClFN3O3S2/c1-20(2,3)19(28)25-18(29-11-12-4-5-16(21)30-12)9-15(23-25)13-10-24(6-7-26)17(27)8-14(13)22/h4-5,7-10H,6,11H2,1-3H3. The van der Waals surface area contributed by atoms with Crippen LogP contribution in [0.5, 0.6) is 0 Å².